The highest BCUT2D eigenvalue weighted by atomic mass is 16.5. The predicted molar refractivity (Wildman–Crippen MR) is 64.1 cm³/mol. The van der Waals surface area contributed by atoms with Crippen molar-refractivity contribution < 1.29 is 14.6 Å². The topological polar surface area (TPSA) is 38.7 Å². The average Bonchev–Trinajstić information content (AvgIpc) is 2.27. The first-order valence-corrected chi connectivity index (χ1v) is 5.48. The minimum atomic E-state index is -0.796. The smallest absolute Gasteiger partial charge is 0.161 e. The number of hydrogen-bond acceptors (Lipinski definition) is 3. The summed E-state index contributed by atoms with van der Waals surface area (Å²) >= 11 is 0. The Hall–Kier alpha value is -1.22. The molecule has 0 aliphatic heterocycles. The fourth-order valence-corrected chi connectivity index (χ4v) is 1.23. The number of hydrogen-bond donors (Lipinski definition) is 1. The summed E-state index contributed by atoms with van der Waals surface area (Å²) in [4.78, 5) is 0. The minimum absolute atomic E-state index is 0.267. The predicted octanol–water partition coefficient (Wildman–Crippen LogP) is 2.54. The number of methoxy groups -OCH3 is 1. The Morgan fingerprint density at radius 1 is 1.31 bits per heavy atom. The van der Waals surface area contributed by atoms with E-state index in [1.54, 1.807) is 14.0 Å². The van der Waals surface area contributed by atoms with Crippen molar-refractivity contribution in [1.29, 1.82) is 0 Å². The van der Waals surface area contributed by atoms with Gasteiger partial charge in [-0.2, -0.15) is 0 Å². The molecule has 1 aromatic carbocycles. The first-order valence-electron chi connectivity index (χ1n) is 5.48. The van der Waals surface area contributed by atoms with Crippen molar-refractivity contribution in [3.8, 4) is 11.5 Å². The molecule has 0 fully saturated rings. The lowest BCUT2D eigenvalue weighted by atomic mass is 10.1. The van der Waals surface area contributed by atoms with E-state index in [1.807, 2.05) is 32.0 Å². The molecule has 0 bridgehead atoms. The van der Waals surface area contributed by atoms with Crippen molar-refractivity contribution in [2.45, 2.75) is 32.8 Å². The first-order chi connectivity index (χ1) is 7.48. The van der Waals surface area contributed by atoms with Gasteiger partial charge < -0.3 is 14.6 Å². The average molecular weight is 224 g/mol. The van der Waals surface area contributed by atoms with Crippen LogP contribution < -0.4 is 9.47 Å². The molecule has 90 valence electrons. The van der Waals surface area contributed by atoms with Crippen LogP contribution >= 0.6 is 0 Å². The Kier molecular flexibility index (Phi) is 4.19. The van der Waals surface area contributed by atoms with E-state index in [4.69, 9.17) is 9.47 Å². The molecule has 0 aliphatic carbocycles. The fourth-order valence-electron chi connectivity index (χ4n) is 1.23. The number of aliphatic hydroxyl groups is 1. The Morgan fingerprint density at radius 3 is 2.56 bits per heavy atom. The molecule has 0 radical (unpaired) electrons. The van der Waals surface area contributed by atoms with Gasteiger partial charge in [0.25, 0.3) is 0 Å². The van der Waals surface area contributed by atoms with Crippen LogP contribution in [0.4, 0.5) is 0 Å². The maximum atomic E-state index is 9.84. The number of benzene rings is 1. The standard InChI is InChI=1S/C13H20O3/c1-5-13(3,14)9-16-11-7-6-10(2)8-12(11)15-4/h6-8,14H,5,9H2,1-4H3. The molecule has 16 heavy (non-hydrogen) atoms. The molecule has 3 nitrogen and oxygen atoms in total. The van der Waals surface area contributed by atoms with E-state index in [0.29, 0.717) is 17.9 Å². The van der Waals surface area contributed by atoms with Crippen molar-refractivity contribution >= 4 is 0 Å². The van der Waals surface area contributed by atoms with Crippen LogP contribution in [0.2, 0.25) is 0 Å². The molecule has 1 unspecified atom stereocenters. The Labute approximate surface area is 97.0 Å². The van der Waals surface area contributed by atoms with Crippen molar-refractivity contribution in [3.63, 3.8) is 0 Å². The molecule has 0 amide bonds. The SMILES string of the molecule is CCC(C)(O)COc1ccc(C)cc1OC. The summed E-state index contributed by atoms with van der Waals surface area (Å²) in [6.45, 7) is 5.95. The van der Waals surface area contributed by atoms with Crippen LogP contribution in [-0.2, 0) is 0 Å². The summed E-state index contributed by atoms with van der Waals surface area (Å²) in [5, 5.41) is 9.84. The maximum Gasteiger partial charge on any atom is 0.161 e. The van der Waals surface area contributed by atoms with Gasteiger partial charge in [0.1, 0.15) is 6.61 Å². The Balaban J connectivity index is 2.74. The highest BCUT2D eigenvalue weighted by Gasteiger charge is 2.19. The van der Waals surface area contributed by atoms with Crippen LogP contribution in [0.15, 0.2) is 18.2 Å². The summed E-state index contributed by atoms with van der Waals surface area (Å²) in [5.74, 6) is 1.37. The van der Waals surface area contributed by atoms with Gasteiger partial charge in [-0.05, 0) is 38.0 Å². The molecule has 1 atom stereocenters. The highest BCUT2D eigenvalue weighted by molar-refractivity contribution is 5.42. The lowest BCUT2D eigenvalue weighted by Gasteiger charge is -2.22. The maximum absolute atomic E-state index is 9.84. The second-order valence-corrected chi connectivity index (χ2v) is 4.29. The summed E-state index contributed by atoms with van der Waals surface area (Å²) in [6, 6.07) is 5.73. The Morgan fingerprint density at radius 2 is 2.00 bits per heavy atom. The Bertz CT molecular complexity index is 345. The summed E-state index contributed by atoms with van der Waals surface area (Å²) in [5.41, 5.74) is 0.321. The van der Waals surface area contributed by atoms with Crippen molar-refractivity contribution in [2.75, 3.05) is 13.7 Å². The van der Waals surface area contributed by atoms with Gasteiger partial charge >= 0.3 is 0 Å². The molecular weight excluding hydrogens is 204 g/mol. The molecule has 0 aromatic heterocycles. The molecule has 1 N–H and O–H groups in total. The van der Waals surface area contributed by atoms with E-state index < -0.39 is 5.60 Å². The van der Waals surface area contributed by atoms with Gasteiger partial charge in [-0.25, -0.2) is 0 Å². The first kappa shape index (κ1) is 12.8. The van der Waals surface area contributed by atoms with Gasteiger partial charge in [0.15, 0.2) is 11.5 Å². The molecule has 1 rings (SSSR count). The largest absolute Gasteiger partial charge is 0.493 e. The van der Waals surface area contributed by atoms with Gasteiger partial charge in [0.05, 0.1) is 12.7 Å². The minimum Gasteiger partial charge on any atom is -0.493 e. The lowest BCUT2D eigenvalue weighted by molar-refractivity contribution is 0.00775. The molecule has 1 aromatic rings. The van der Waals surface area contributed by atoms with E-state index in [-0.39, 0.29) is 6.61 Å². The quantitative estimate of drug-likeness (QED) is 0.835. The van der Waals surface area contributed by atoms with E-state index in [1.165, 1.54) is 0 Å². The zero-order valence-corrected chi connectivity index (χ0v) is 10.4. The fraction of sp³-hybridized carbons (Fsp3) is 0.538. The number of rotatable bonds is 5. The zero-order valence-electron chi connectivity index (χ0n) is 10.4. The van der Waals surface area contributed by atoms with Crippen LogP contribution in [-0.4, -0.2) is 24.4 Å². The third-order valence-electron chi connectivity index (χ3n) is 2.62. The van der Waals surface area contributed by atoms with Crippen molar-refractivity contribution in [1.82, 2.24) is 0 Å². The number of aryl methyl sites for hydroxylation is 1. The summed E-state index contributed by atoms with van der Waals surface area (Å²) < 4.78 is 10.8. The second kappa shape index (κ2) is 5.21. The van der Waals surface area contributed by atoms with Crippen LogP contribution in [0.5, 0.6) is 11.5 Å². The normalized spacial score (nSPS) is 14.3. The third kappa shape index (κ3) is 3.42. The molecule has 0 aliphatic rings. The van der Waals surface area contributed by atoms with Crippen LogP contribution in [0.25, 0.3) is 0 Å². The molecule has 0 saturated carbocycles. The summed E-state index contributed by atoms with van der Waals surface area (Å²) in [7, 11) is 1.61. The van der Waals surface area contributed by atoms with Crippen molar-refractivity contribution in [2.24, 2.45) is 0 Å². The van der Waals surface area contributed by atoms with E-state index >= 15 is 0 Å². The van der Waals surface area contributed by atoms with Gasteiger partial charge in [-0.3, -0.25) is 0 Å². The van der Waals surface area contributed by atoms with Crippen LogP contribution in [0.1, 0.15) is 25.8 Å². The molecular formula is C13H20O3. The summed E-state index contributed by atoms with van der Waals surface area (Å²) in [6.07, 6.45) is 0.654. The lowest BCUT2D eigenvalue weighted by Crippen LogP contribution is -2.31. The van der Waals surface area contributed by atoms with Gasteiger partial charge in [-0.1, -0.05) is 13.0 Å². The highest BCUT2D eigenvalue weighted by Crippen LogP contribution is 2.28. The monoisotopic (exact) mass is 224 g/mol. The van der Waals surface area contributed by atoms with Crippen LogP contribution in [0.3, 0.4) is 0 Å². The van der Waals surface area contributed by atoms with Crippen molar-refractivity contribution in [3.05, 3.63) is 23.8 Å². The zero-order chi connectivity index (χ0) is 12.2. The molecule has 0 saturated heterocycles. The molecule has 3 heteroatoms. The van der Waals surface area contributed by atoms with Crippen LogP contribution in [0, 0.1) is 6.92 Å². The van der Waals surface area contributed by atoms with Gasteiger partial charge in [0.2, 0.25) is 0 Å². The van der Waals surface area contributed by atoms with Gasteiger partial charge in [-0.15, -0.1) is 0 Å². The third-order valence-corrected chi connectivity index (χ3v) is 2.62. The molecule has 0 heterocycles. The van der Waals surface area contributed by atoms with E-state index in [2.05, 4.69) is 0 Å². The molecule has 0 spiro atoms. The second-order valence-electron chi connectivity index (χ2n) is 4.29. The van der Waals surface area contributed by atoms with E-state index in [0.717, 1.165) is 5.56 Å². The van der Waals surface area contributed by atoms with E-state index in [9.17, 15) is 5.11 Å². The van der Waals surface area contributed by atoms with Gasteiger partial charge in [0, 0.05) is 0 Å². The number of ether oxygens (including phenoxy) is 2.